The van der Waals surface area contributed by atoms with Crippen LogP contribution in [-0.2, 0) is 4.79 Å². The molecule has 2 aromatic heterocycles. The molecule has 5 nitrogen and oxygen atoms in total. The summed E-state index contributed by atoms with van der Waals surface area (Å²) in [5, 5.41) is 0.343. The fraction of sp³-hybridized carbons (Fsp3) is 0. The van der Waals surface area contributed by atoms with Crippen molar-refractivity contribution in [3.05, 3.63) is 95.1 Å². The summed E-state index contributed by atoms with van der Waals surface area (Å²) in [7, 11) is 0. The quantitative estimate of drug-likeness (QED) is 0.392. The van der Waals surface area contributed by atoms with Crippen molar-refractivity contribution in [3.63, 3.8) is 0 Å². The zero-order chi connectivity index (χ0) is 18.6. The number of benzene rings is 2. The summed E-state index contributed by atoms with van der Waals surface area (Å²) in [4.78, 5) is 25.2. The van der Waals surface area contributed by atoms with Gasteiger partial charge in [0.15, 0.2) is 5.76 Å². The highest BCUT2D eigenvalue weighted by atomic mass is 16.5. The normalized spacial score (nSPS) is 11.1. The van der Waals surface area contributed by atoms with Gasteiger partial charge in [-0.2, -0.15) is 0 Å². The summed E-state index contributed by atoms with van der Waals surface area (Å²) in [6, 6.07) is 19.3. The van der Waals surface area contributed by atoms with Crippen LogP contribution in [0.3, 0.4) is 0 Å². The lowest BCUT2D eigenvalue weighted by molar-refractivity contribution is -0.129. The molecule has 5 heteroatoms. The molecule has 0 saturated carbocycles. The molecule has 0 radical (unpaired) electrons. The van der Waals surface area contributed by atoms with Crippen molar-refractivity contribution < 1.29 is 18.4 Å². The number of carbonyl (C=O) groups is 1. The summed E-state index contributed by atoms with van der Waals surface area (Å²) in [6.07, 6.45) is 4.16. The summed E-state index contributed by atoms with van der Waals surface area (Å²) in [5.41, 5.74) is 0.654. The van der Waals surface area contributed by atoms with Crippen molar-refractivity contribution in [2.24, 2.45) is 0 Å². The number of esters is 1. The molecule has 0 bridgehead atoms. The molecule has 27 heavy (non-hydrogen) atoms. The van der Waals surface area contributed by atoms with Gasteiger partial charge in [-0.15, -0.1) is 0 Å². The fourth-order valence-corrected chi connectivity index (χ4v) is 2.67. The van der Waals surface area contributed by atoms with E-state index in [4.69, 9.17) is 13.6 Å². The minimum Gasteiger partial charge on any atom is -0.465 e. The van der Waals surface area contributed by atoms with Gasteiger partial charge in [-0.1, -0.05) is 42.5 Å². The van der Waals surface area contributed by atoms with E-state index in [1.54, 1.807) is 48.5 Å². The van der Waals surface area contributed by atoms with E-state index in [0.29, 0.717) is 22.3 Å². The van der Waals surface area contributed by atoms with Crippen LogP contribution in [0.4, 0.5) is 0 Å². The number of furan rings is 1. The number of hydrogen-bond donors (Lipinski definition) is 0. The SMILES string of the molecule is O=C(/C=C/c1ccco1)Oc1c(-c2ccccc2)oc2ccccc2c1=O. The van der Waals surface area contributed by atoms with Gasteiger partial charge in [0.1, 0.15) is 11.3 Å². The summed E-state index contributed by atoms with van der Waals surface area (Å²) < 4.78 is 16.4. The second-order valence-electron chi connectivity index (χ2n) is 5.72. The molecule has 4 aromatic rings. The molecule has 2 heterocycles. The largest absolute Gasteiger partial charge is 0.465 e. The van der Waals surface area contributed by atoms with Crippen molar-refractivity contribution in [2.45, 2.75) is 0 Å². The van der Waals surface area contributed by atoms with E-state index in [0.717, 1.165) is 0 Å². The first-order valence-electron chi connectivity index (χ1n) is 8.27. The Bertz CT molecular complexity index is 1170. The molecule has 0 aliphatic heterocycles. The fourth-order valence-electron chi connectivity index (χ4n) is 2.67. The Hall–Kier alpha value is -3.86. The van der Waals surface area contributed by atoms with Crippen LogP contribution in [0.2, 0.25) is 0 Å². The minimum absolute atomic E-state index is 0.144. The molecule has 0 N–H and O–H groups in total. The van der Waals surface area contributed by atoms with E-state index in [1.165, 1.54) is 18.4 Å². The molecule has 0 unspecified atom stereocenters. The highest BCUT2D eigenvalue weighted by Crippen LogP contribution is 2.30. The number of carbonyl (C=O) groups excluding carboxylic acids is 1. The Labute approximate surface area is 154 Å². The van der Waals surface area contributed by atoms with Crippen LogP contribution in [-0.4, -0.2) is 5.97 Å². The lowest BCUT2D eigenvalue weighted by Crippen LogP contribution is -2.14. The van der Waals surface area contributed by atoms with Crippen molar-refractivity contribution >= 4 is 23.0 Å². The Morgan fingerprint density at radius 2 is 1.70 bits per heavy atom. The van der Waals surface area contributed by atoms with E-state index < -0.39 is 11.4 Å². The molecule has 0 saturated heterocycles. The van der Waals surface area contributed by atoms with Gasteiger partial charge in [-0.05, 0) is 30.3 Å². The van der Waals surface area contributed by atoms with Crippen molar-refractivity contribution in [1.29, 1.82) is 0 Å². The summed E-state index contributed by atoms with van der Waals surface area (Å²) in [5.74, 6) is -0.139. The number of hydrogen-bond acceptors (Lipinski definition) is 5. The first-order valence-corrected chi connectivity index (χ1v) is 8.27. The predicted octanol–water partition coefficient (Wildman–Crippen LogP) is 4.67. The third kappa shape index (κ3) is 3.43. The lowest BCUT2D eigenvalue weighted by Gasteiger charge is -2.09. The van der Waals surface area contributed by atoms with Gasteiger partial charge < -0.3 is 13.6 Å². The number of rotatable bonds is 4. The highest BCUT2D eigenvalue weighted by Gasteiger charge is 2.19. The van der Waals surface area contributed by atoms with Crippen molar-refractivity contribution in [3.8, 4) is 17.1 Å². The zero-order valence-electron chi connectivity index (χ0n) is 14.1. The highest BCUT2D eigenvalue weighted by molar-refractivity contribution is 5.90. The van der Waals surface area contributed by atoms with Crippen LogP contribution in [0.25, 0.3) is 28.4 Å². The molecular formula is C22H14O5. The Morgan fingerprint density at radius 1 is 0.926 bits per heavy atom. The van der Waals surface area contributed by atoms with Crippen LogP contribution < -0.4 is 10.2 Å². The van der Waals surface area contributed by atoms with E-state index in [1.807, 2.05) is 18.2 Å². The maximum Gasteiger partial charge on any atom is 0.336 e. The number of ether oxygens (including phenoxy) is 1. The maximum absolute atomic E-state index is 12.9. The van der Waals surface area contributed by atoms with E-state index >= 15 is 0 Å². The van der Waals surface area contributed by atoms with Gasteiger partial charge >= 0.3 is 5.97 Å². The average molecular weight is 358 g/mol. The molecule has 2 aromatic carbocycles. The van der Waals surface area contributed by atoms with Gasteiger partial charge in [-0.25, -0.2) is 4.79 Å². The third-order valence-electron chi connectivity index (χ3n) is 3.92. The summed E-state index contributed by atoms with van der Waals surface area (Å²) >= 11 is 0. The van der Waals surface area contributed by atoms with Gasteiger partial charge in [0, 0.05) is 11.6 Å². The molecule has 0 atom stereocenters. The van der Waals surface area contributed by atoms with Crippen molar-refractivity contribution in [2.75, 3.05) is 0 Å². The van der Waals surface area contributed by atoms with Gasteiger partial charge in [0.2, 0.25) is 11.2 Å². The van der Waals surface area contributed by atoms with E-state index in [9.17, 15) is 9.59 Å². The molecule has 4 rings (SSSR count). The number of fused-ring (bicyclic) bond motifs is 1. The van der Waals surface area contributed by atoms with Gasteiger partial charge in [-0.3, -0.25) is 4.79 Å². The average Bonchev–Trinajstić information content (AvgIpc) is 3.23. The molecule has 0 fully saturated rings. The molecular weight excluding hydrogens is 344 g/mol. The molecule has 132 valence electrons. The molecule has 0 spiro atoms. The maximum atomic E-state index is 12.9. The van der Waals surface area contributed by atoms with E-state index in [-0.39, 0.29) is 11.5 Å². The van der Waals surface area contributed by atoms with Gasteiger partial charge in [0.05, 0.1) is 11.6 Å². The molecule has 0 aliphatic rings. The summed E-state index contributed by atoms with van der Waals surface area (Å²) in [6.45, 7) is 0. The van der Waals surface area contributed by atoms with Crippen LogP contribution in [0, 0.1) is 0 Å². The minimum atomic E-state index is -0.703. The zero-order valence-corrected chi connectivity index (χ0v) is 14.1. The first-order chi connectivity index (χ1) is 13.2. The topological polar surface area (TPSA) is 69.7 Å². The van der Waals surface area contributed by atoms with Crippen LogP contribution in [0.5, 0.6) is 5.75 Å². The monoisotopic (exact) mass is 358 g/mol. The van der Waals surface area contributed by atoms with Crippen LogP contribution in [0.15, 0.2) is 92.7 Å². The standard InChI is InChI=1S/C22H14O5/c23-19(13-12-16-9-6-14-25-16)27-22-20(24)17-10-4-5-11-18(17)26-21(22)15-7-2-1-3-8-15/h1-14H/b13-12+. The van der Waals surface area contributed by atoms with Gasteiger partial charge in [0.25, 0.3) is 0 Å². The first kappa shape index (κ1) is 16.6. The van der Waals surface area contributed by atoms with Crippen LogP contribution >= 0.6 is 0 Å². The lowest BCUT2D eigenvalue weighted by atomic mass is 10.1. The second kappa shape index (κ2) is 7.17. The van der Waals surface area contributed by atoms with Crippen LogP contribution in [0.1, 0.15) is 5.76 Å². The molecule has 0 amide bonds. The van der Waals surface area contributed by atoms with E-state index in [2.05, 4.69) is 0 Å². The van der Waals surface area contributed by atoms with Crippen molar-refractivity contribution in [1.82, 2.24) is 0 Å². The Balaban J connectivity index is 1.79. The number of para-hydroxylation sites is 1. The predicted molar refractivity (Wildman–Crippen MR) is 101 cm³/mol. The Kier molecular flexibility index (Phi) is 4.41. The smallest absolute Gasteiger partial charge is 0.336 e. The third-order valence-corrected chi connectivity index (χ3v) is 3.92. The molecule has 0 aliphatic carbocycles. The second-order valence-corrected chi connectivity index (χ2v) is 5.72. The Morgan fingerprint density at radius 3 is 2.48 bits per heavy atom.